The summed E-state index contributed by atoms with van der Waals surface area (Å²) in [5.74, 6) is 0. The fraction of sp³-hybridized carbons (Fsp3) is 0. The Balaban J connectivity index is -0.0000000133. The van der Waals surface area contributed by atoms with Crippen LogP contribution in [-0.4, -0.2) is 37.6 Å². The quantitative estimate of drug-likeness (QED) is 0.348. The summed E-state index contributed by atoms with van der Waals surface area (Å²) in [7, 11) is 0.444. The van der Waals surface area contributed by atoms with Crippen molar-refractivity contribution in [3.05, 3.63) is 0 Å². The second-order valence-electron chi connectivity index (χ2n) is 0. The molecule has 0 saturated carbocycles. The third kappa shape index (κ3) is 30.4. The Labute approximate surface area is 60.4 Å². The minimum absolute atomic E-state index is 0. The molecule has 0 aromatic heterocycles. The van der Waals surface area contributed by atoms with Gasteiger partial charge in [-0.05, 0) is 0 Å². The van der Waals surface area contributed by atoms with Crippen LogP contribution in [0.3, 0.4) is 0 Å². The first-order valence-corrected chi connectivity index (χ1v) is 0. The third-order valence-electron chi connectivity index (χ3n) is 0. The van der Waals surface area contributed by atoms with Gasteiger partial charge in [-0.3, -0.25) is 0 Å². The Morgan fingerprint density at radius 3 is 0.800 bits per heavy atom. The van der Waals surface area contributed by atoms with Crippen molar-refractivity contribution in [2.45, 2.75) is 0 Å². The summed E-state index contributed by atoms with van der Waals surface area (Å²) in [6.45, 7) is 0. The molecule has 5 heteroatoms. The van der Waals surface area contributed by atoms with Crippen LogP contribution in [0.1, 0.15) is 0 Å². The van der Waals surface area contributed by atoms with Crippen molar-refractivity contribution in [3.63, 3.8) is 0 Å². The molecule has 28 valence electrons. The van der Waals surface area contributed by atoms with E-state index in [9.17, 15) is 0 Å². The molecule has 0 rings (SSSR count). The Morgan fingerprint density at radius 2 is 0.800 bits per heavy atom. The minimum atomic E-state index is 0. The van der Waals surface area contributed by atoms with Crippen molar-refractivity contribution in [1.82, 2.24) is 0 Å². The fourth-order valence-corrected chi connectivity index (χ4v) is 0. The molecule has 0 bridgehead atoms. The first-order chi connectivity index (χ1) is 2.00. The van der Waals surface area contributed by atoms with E-state index in [-0.39, 0.29) is 37.6 Å². The molecule has 0 unspecified atom stereocenters. The van der Waals surface area contributed by atoms with Gasteiger partial charge in [-0.1, -0.05) is 0 Å². The van der Waals surface area contributed by atoms with E-state index in [1.807, 2.05) is 0 Å². The molecule has 5 heavy (non-hydrogen) atoms. The molecule has 0 aromatic carbocycles. The molecule has 0 N–H and O–H groups in total. The van der Waals surface area contributed by atoms with Crippen LogP contribution in [0.15, 0.2) is 0 Å². The van der Waals surface area contributed by atoms with Gasteiger partial charge in [0.15, 0.2) is 0 Å². The van der Waals surface area contributed by atoms with Crippen LogP contribution in [0.5, 0.6) is 0 Å². The zero-order chi connectivity index (χ0) is 4.00. The molecule has 0 aromatic rings. The van der Waals surface area contributed by atoms with Gasteiger partial charge in [0.05, 0.1) is 0 Å². The number of hydrogen-bond donors (Lipinski definition) is 0. The van der Waals surface area contributed by atoms with E-state index in [1.165, 1.54) is 0 Å². The van der Waals surface area contributed by atoms with Crippen molar-refractivity contribution in [3.8, 4) is 0 Å². The topological polar surface area (TPSA) is 0 Å². The Morgan fingerprint density at radius 1 is 0.800 bits per heavy atom. The van der Waals surface area contributed by atoms with E-state index in [1.54, 1.807) is 0 Å². The maximum atomic E-state index is 4.89. The van der Waals surface area contributed by atoms with Crippen molar-refractivity contribution < 1.29 is 0 Å². The number of hydrogen-bond acceptors (Lipinski definition) is 0. The number of rotatable bonds is 0. The van der Waals surface area contributed by atoms with Crippen LogP contribution in [0.4, 0.5) is 0 Å². The second-order valence-corrected chi connectivity index (χ2v) is 0. The first kappa shape index (κ1) is 16.1. The summed E-state index contributed by atoms with van der Waals surface area (Å²) in [4.78, 5) is 0. The predicted octanol–water partition coefficient (Wildman–Crippen LogP) is -1.37. The molecule has 0 radical (unpaired) electrons. The maximum Gasteiger partial charge on any atom is 2.00 e. The van der Waals surface area contributed by atoms with Crippen LogP contribution in [-0.2, 0) is 0 Å². The van der Waals surface area contributed by atoms with Gasteiger partial charge >= 0.3 is 23.1 Å². The van der Waals surface area contributed by atoms with Crippen molar-refractivity contribution in [2.75, 3.05) is 0 Å². The Hall–Kier alpha value is 1.48. The van der Waals surface area contributed by atoms with Gasteiger partial charge in [-0.15, -0.1) is 0 Å². The van der Waals surface area contributed by atoms with E-state index in [4.69, 9.17) is 22.9 Å². The van der Waals surface area contributed by atoms with Crippen molar-refractivity contribution >= 4 is 60.5 Å². The van der Waals surface area contributed by atoms with Crippen LogP contribution in [0.2, 0.25) is 0 Å². The average molecular weight is 123 g/mol. The van der Waals surface area contributed by atoms with Crippen LogP contribution in [0, 0.1) is 0 Å². The smallest absolute Gasteiger partial charge is 0.404 e. The SMILES string of the molecule is [BH3-]Cl.[BH3-]Cl.[Mg+2]. The average Bonchev–Trinajstić information content (AvgIpc) is 1.50. The largest absolute Gasteiger partial charge is 2.00 e. The molecule has 0 heterocycles. The molecule has 0 aliphatic rings. The van der Waals surface area contributed by atoms with Gasteiger partial charge in [0.25, 0.3) is 0 Å². The predicted molar refractivity (Wildman–Crippen MR) is 37.3 cm³/mol. The van der Waals surface area contributed by atoms with Gasteiger partial charge in [-0.2, -0.15) is 0 Å². The van der Waals surface area contributed by atoms with E-state index < -0.39 is 0 Å². The summed E-state index contributed by atoms with van der Waals surface area (Å²) in [5.41, 5.74) is 0. The van der Waals surface area contributed by atoms with Crippen LogP contribution in [0.25, 0.3) is 0 Å². The Kier molecular flexibility index (Phi) is 162. The summed E-state index contributed by atoms with van der Waals surface area (Å²) >= 11 is 9.78. The molecule has 0 aliphatic carbocycles. The normalized spacial score (nSPS) is 2.40. The molecule has 0 spiro atoms. The van der Waals surface area contributed by atoms with E-state index in [0.717, 1.165) is 0 Å². The fourth-order valence-electron chi connectivity index (χ4n) is 0. The summed E-state index contributed by atoms with van der Waals surface area (Å²) in [5, 5.41) is 0. The van der Waals surface area contributed by atoms with Gasteiger partial charge in [0.2, 0.25) is 0 Å². The summed E-state index contributed by atoms with van der Waals surface area (Å²) < 4.78 is 0. The van der Waals surface area contributed by atoms with E-state index >= 15 is 0 Å². The zero-order valence-corrected chi connectivity index (χ0v) is 4.39. The molecular formula is H6B2Cl2Mg. The number of halogens is 2. The second kappa shape index (κ2) is 50.4. The van der Waals surface area contributed by atoms with Gasteiger partial charge in [0, 0.05) is 14.5 Å². The molecule has 0 fully saturated rings. The van der Waals surface area contributed by atoms with Gasteiger partial charge < -0.3 is 22.9 Å². The van der Waals surface area contributed by atoms with Crippen molar-refractivity contribution in [1.29, 1.82) is 0 Å². The molecular weight excluding hydrogens is 117 g/mol. The molecule has 0 saturated heterocycles. The monoisotopic (exact) mass is 122 g/mol. The molecule has 0 amide bonds. The van der Waals surface area contributed by atoms with Crippen LogP contribution >= 0.6 is 22.9 Å². The Bertz CT molecular complexity index is 7.61. The van der Waals surface area contributed by atoms with Crippen molar-refractivity contribution in [2.24, 2.45) is 0 Å². The van der Waals surface area contributed by atoms with Gasteiger partial charge in [0.1, 0.15) is 0 Å². The summed E-state index contributed by atoms with van der Waals surface area (Å²) in [6.07, 6.45) is 0. The van der Waals surface area contributed by atoms with Gasteiger partial charge in [-0.25, -0.2) is 0 Å². The standard InChI is InChI=1S/2BClH3.Mg/c2*1-2;/h2*1H3;/q2*-1;+2. The maximum absolute atomic E-state index is 4.89. The van der Waals surface area contributed by atoms with E-state index in [0.29, 0.717) is 0 Å². The molecule has 0 aliphatic heterocycles. The minimum Gasteiger partial charge on any atom is -0.404 e. The summed E-state index contributed by atoms with van der Waals surface area (Å²) in [6, 6.07) is 0. The third-order valence-corrected chi connectivity index (χ3v) is 0. The zero-order valence-electron chi connectivity index (χ0n) is 1.46. The molecule has 0 nitrogen and oxygen atoms in total. The first-order valence-electron chi connectivity index (χ1n) is 0. The molecule has 0 atom stereocenters. The van der Waals surface area contributed by atoms with Crippen LogP contribution < -0.4 is 0 Å². The van der Waals surface area contributed by atoms with E-state index in [2.05, 4.69) is 0 Å².